The molecule has 4 heteroatoms. The fourth-order valence-corrected chi connectivity index (χ4v) is 2.35. The largest absolute Gasteiger partial charge is 0.386 e. The summed E-state index contributed by atoms with van der Waals surface area (Å²) >= 11 is 3.52. The normalized spacial score (nSPS) is 24.2. The second-order valence-corrected chi connectivity index (χ2v) is 5.57. The number of aliphatic hydroxyl groups is 1. The van der Waals surface area contributed by atoms with Crippen molar-refractivity contribution in [3.63, 3.8) is 0 Å². The third kappa shape index (κ3) is 3.52. The minimum atomic E-state index is -0.679. The Bertz CT molecular complexity index is 389. The molecule has 17 heavy (non-hydrogen) atoms. The van der Waals surface area contributed by atoms with Gasteiger partial charge in [0.1, 0.15) is 5.60 Å². The molecule has 1 aromatic carbocycles. The molecule has 1 aliphatic rings. The maximum Gasteiger partial charge on any atom is 0.102 e. The summed E-state index contributed by atoms with van der Waals surface area (Å²) in [6.45, 7) is 4.52. The van der Waals surface area contributed by atoms with Gasteiger partial charge in [0.2, 0.25) is 0 Å². The highest BCUT2D eigenvalue weighted by Gasteiger charge is 2.31. The lowest BCUT2D eigenvalue weighted by molar-refractivity contribution is 0.0268. The van der Waals surface area contributed by atoms with Crippen LogP contribution in [0.3, 0.4) is 0 Å². The molecular formula is C13H18BrNO2. The van der Waals surface area contributed by atoms with Crippen molar-refractivity contribution in [2.45, 2.75) is 25.5 Å². The zero-order valence-electron chi connectivity index (χ0n) is 10.0. The van der Waals surface area contributed by atoms with E-state index in [1.54, 1.807) is 0 Å². The van der Waals surface area contributed by atoms with Crippen LogP contribution in [0.5, 0.6) is 0 Å². The summed E-state index contributed by atoms with van der Waals surface area (Å²) < 4.78 is 6.32. The molecule has 94 valence electrons. The highest BCUT2D eigenvalue weighted by atomic mass is 79.9. The quantitative estimate of drug-likeness (QED) is 0.893. The van der Waals surface area contributed by atoms with Crippen LogP contribution < -0.4 is 5.32 Å². The number of rotatable bonds is 4. The van der Waals surface area contributed by atoms with Gasteiger partial charge in [-0.1, -0.05) is 28.1 Å². The predicted molar refractivity (Wildman–Crippen MR) is 71.0 cm³/mol. The first kappa shape index (κ1) is 13.0. The minimum Gasteiger partial charge on any atom is -0.386 e. The molecule has 0 radical (unpaired) electrons. The molecule has 0 aliphatic carbocycles. The average molecular weight is 300 g/mol. The summed E-state index contributed by atoms with van der Waals surface area (Å²) in [6.07, 6.45) is 0.720. The van der Waals surface area contributed by atoms with Gasteiger partial charge in [-0.25, -0.2) is 0 Å². The van der Waals surface area contributed by atoms with Crippen LogP contribution in [0, 0.1) is 6.92 Å². The highest BCUT2D eigenvalue weighted by Crippen LogP contribution is 2.19. The third-order valence-corrected chi connectivity index (χ3v) is 3.96. The van der Waals surface area contributed by atoms with Crippen LogP contribution in [0.1, 0.15) is 17.5 Å². The Morgan fingerprint density at radius 3 is 3.00 bits per heavy atom. The maximum absolute atomic E-state index is 10.1. The van der Waals surface area contributed by atoms with Gasteiger partial charge >= 0.3 is 0 Å². The summed E-state index contributed by atoms with van der Waals surface area (Å²) in [6, 6.07) is 6.30. The van der Waals surface area contributed by atoms with Crippen LogP contribution in [0.15, 0.2) is 22.7 Å². The standard InChI is InChI=1S/C13H18BrNO2/c1-10-2-3-11(6-12(10)14)7-15-8-13(16)4-5-17-9-13/h2-3,6,15-16H,4-5,7-9H2,1H3. The van der Waals surface area contributed by atoms with Gasteiger partial charge in [-0.3, -0.25) is 0 Å². The Labute approximate surface area is 110 Å². The lowest BCUT2D eigenvalue weighted by Gasteiger charge is -2.20. The van der Waals surface area contributed by atoms with E-state index in [2.05, 4.69) is 46.4 Å². The van der Waals surface area contributed by atoms with Crippen LogP contribution in [0.2, 0.25) is 0 Å². The van der Waals surface area contributed by atoms with Crippen molar-refractivity contribution >= 4 is 15.9 Å². The average Bonchev–Trinajstić information content (AvgIpc) is 2.71. The van der Waals surface area contributed by atoms with Gasteiger partial charge < -0.3 is 15.2 Å². The SMILES string of the molecule is Cc1ccc(CNCC2(O)CCOC2)cc1Br. The molecule has 2 rings (SSSR count). The number of nitrogens with one attached hydrogen (secondary N) is 1. The number of hydrogen-bond donors (Lipinski definition) is 2. The van der Waals surface area contributed by atoms with Crippen LogP contribution in [0.4, 0.5) is 0 Å². The molecule has 1 heterocycles. The lowest BCUT2D eigenvalue weighted by Crippen LogP contribution is -2.40. The summed E-state index contributed by atoms with van der Waals surface area (Å²) in [5.74, 6) is 0. The first-order chi connectivity index (χ1) is 8.09. The third-order valence-electron chi connectivity index (χ3n) is 3.10. The van der Waals surface area contributed by atoms with Crippen LogP contribution in [-0.2, 0) is 11.3 Å². The van der Waals surface area contributed by atoms with E-state index < -0.39 is 5.60 Å². The van der Waals surface area contributed by atoms with Crippen LogP contribution in [0.25, 0.3) is 0 Å². The summed E-state index contributed by atoms with van der Waals surface area (Å²) in [7, 11) is 0. The van der Waals surface area contributed by atoms with Crippen LogP contribution >= 0.6 is 15.9 Å². The van der Waals surface area contributed by atoms with E-state index in [1.165, 1.54) is 11.1 Å². The van der Waals surface area contributed by atoms with E-state index >= 15 is 0 Å². The zero-order valence-corrected chi connectivity index (χ0v) is 11.6. The number of hydrogen-bond acceptors (Lipinski definition) is 3. The van der Waals surface area contributed by atoms with Gasteiger partial charge in [0.05, 0.1) is 6.61 Å². The van der Waals surface area contributed by atoms with Gasteiger partial charge in [-0.05, 0) is 24.1 Å². The molecule has 2 N–H and O–H groups in total. The monoisotopic (exact) mass is 299 g/mol. The summed E-state index contributed by atoms with van der Waals surface area (Å²) in [5, 5.41) is 13.4. The fraction of sp³-hybridized carbons (Fsp3) is 0.538. The maximum atomic E-state index is 10.1. The van der Waals surface area contributed by atoms with E-state index in [0.29, 0.717) is 19.8 Å². The highest BCUT2D eigenvalue weighted by molar-refractivity contribution is 9.10. The van der Waals surface area contributed by atoms with E-state index in [9.17, 15) is 5.11 Å². The summed E-state index contributed by atoms with van der Waals surface area (Å²) in [4.78, 5) is 0. The number of aryl methyl sites for hydroxylation is 1. The van der Waals surface area contributed by atoms with Crippen molar-refractivity contribution in [3.05, 3.63) is 33.8 Å². The molecule has 1 aromatic rings. The van der Waals surface area contributed by atoms with Crippen molar-refractivity contribution < 1.29 is 9.84 Å². The smallest absolute Gasteiger partial charge is 0.102 e. The first-order valence-electron chi connectivity index (χ1n) is 5.85. The van der Waals surface area contributed by atoms with Gasteiger partial charge in [0, 0.05) is 30.6 Å². The van der Waals surface area contributed by atoms with Gasteiger partial charge in [0.15, 0.2) is 0 Å². The Balaban J connectivity index is 1.83. The molecule has 3 nitrogen and oxygen atoms in total. The second kappa shape index (κ2) is 5.48. The molecule has 0 amide bonds. The zero-order chi connectivity index (χ0) is 12.3. The molecule has 0 saturated carbocycles. The number of benzene rings is 1. The van der Waals surface area contributed by atoms with E-state index in [1.807, 2.05) is 0 Å². The minimum absolute atomic E-state index is 0.442. The molecule has 1 atom stereocenters. The number of halogens is 1. The van der Waals surface area contributed by atoms with Crippen molar-refractivity contribution in [2.24, 2.45) is 0 Å². The van der Waals surface area contributed by atoms with Gasteiger partial charge in [0.25, 0.3) is 0 Å². The molecule has 1 unspecified atom stereocenters. The van der Waals surface area contributed by atoms with E-state index in [-0.39, 0.29) is 0 Å². The fourth-order valence-electron chi connectivity index (χ4n) is 1.92. The molecule has 0 bridgehead atoms. The summed E-state index contributed by atoms with van der Waals surface area (Å²) in [5.41, 5.74) is 1.77. The Hall–Kier alpha value is -0.420. The van der Waals surface area contributed by atoms with Gasteiger partial charge in [-0.15, -0.1) is 0 Å². The second-order valence-electron chi connectivity index (χ2n) is 4.71. The molecule has 1 aliphatic heterocycles. The lowest BCUT2D eigenvalue weighted by atomic mass is 10.0. The van der Waals surface area contributed by atoms with E-state index in [4.69, 9.17) is 4.74 Å². The van der Waals surface area contributed by atoms with Crippen molar-refractivity contribution in [2.75, 3.05) is 19.8 Å². The number of ether oxygens (including phenoxy) is 1. The molecule has 1 saturated heterocycles. The van der Waals surface area contributed by atoms with E-state index in [0.717, 1.165) is 17.4 Å². The van der Waals surface area contributed by atoms with Crippen molar-refractivity contribution in [1.82, 2.24) is 5.32 Å². The Kier molecular flexibility index (Phi) is 4.20. The Morgan fingerprint density at radius 1 is 1.53 bits per heavy atom. The molecule has 1 fully saturated rings. The molecular weight excluding hydrogens is 282 g/mol. The molecule has 0 aromatic heterocycles. The molecule has 0 spiro atoms. The van der Waals surface area contributed by atoms with Crippen LogP contribution in [-0.4, -0.2) is 30.5 Å². The Morgan fingerprint density at radius 2 is 2.35 bits per heavy atom. The van der Waals surface area contributed by atoms with Crippen molar-refractivity contribution in [3.8, 4) is 0 Å². The first-order valence-corrected chi connectivity index (χ1v) is 6.64. The predicted octanol–water partition coefficient (Wildman–Crippen LogP) is 2.00. The van der Waals surface area contributed by atoms with Crippen molar-refractivity contribution in [1.29, 1.82) is 0 Å². The topological polar surface area (TPSA) is 41.5 Å². The van der Waals surface area contributed by atoms with Gasteiger partial charge in [-0.2, -0.15) is 0 Å².